The van der Waals surface area contributed by atoms with E-state index in [-0.39, 0.29) is 21.4 Å². The Morgan fingerprint density at radius 2 is 1.13 bits per heavy atom. The van der Waals surface area contributed by atoms with Crippen molar-refractivity contribution < 1.29 is 17.6 Å². The van der Waals surface area contributed by atoms with Crippen molar-refractivity contribution in [1.82, 2.24) is 4.98 Å². The Labute approximate surface area is 137 Å². The van der Waals surface area contributed by atoms with E-state index >= 15 is 0 Å². The van der Waals surface area contributed by atoms with Crippen LogP contribution >= 0.6 is 15.9 Å². The summed E-state index contributed by atoms with van der Waals surface area (Å²) in [6.45, 7) is 0. The van der Waals surface area contributed by atoms with Crippen LogP contribution in [0.5, 0.6) is 0 Å². The van der Waals surface area contributed by atoms with E-state index in [0.717, 1.165) is 24.3 Å². The molecule has 23 heavy (non-hydrogen) atoms. The van der Waals surface area contributed by atoms with E-state index in [9.17, 15) is 17.6 Å². The minimum Gasteiger partial charge on any atom is -0.235 e. The quantitative estimate of drug-likeness (QED) is 0.407. The van der Waals surface area contributed by atoms with E-state index in [4.69, 9.17) is 0 Å². The Morgan fingerprint density at radius 1 is 0.652 bits per heavy atom. The van der Waals surface area contributed by atoms with E-state index in [1.807, 2.05) is 0 Å². The van der Waals surface area contributed by atoms with Crippen molar-refractivity contribution in [2.75, 3.05) is 0 Å². The first-order valence-electron chi connectivity index (χ1n) is 6.53. The smallest absolute Gasteiger partial charge is 0.166 e. The van der Waals surface area contributed by atoms with Gasteiger partial charge in [-0.2, -0.15) is 0 Å². The topological polar surface area (TPSA) is 12.9 Å². The molecule has 0 aliphatic carbocycles. The van der Waals surface area contributed by atoms with Gasteiger partial charge in [0.05, 0.1) is 5.56 Å². The Hall–Kier alpha value is -2.21. The van der Waals surface area contributed by atoms with E-state index in [1.165, 1.54) is 24.3 Å². The number of halogens is 5. The first-order chi connectivity index (χ1) is 11.0. The molecule has 0 unspecified atom stereocenters. The predicted octanol–water partition coefficient (Wildman–Crippen LogP) is 5.73. The summed E-state index contributed by atoms with van der Waals surface area (Å²) in [5, 5.41) is 0. The maximum absolute atomic E-state index is 14.8. The van der Waals surface area contributed by atoms with Gasteiger partial charge >= 0.3 is 0 Å². The number of pyridine rings is 1. The molecule has 116 valence electrons. The molecule has 0 aliphatic rings. The van der Waals surface area contributed by atoms with Gasteiger partial charge in [0.2, 0.25) is 0 Å². The molecule has 0 saturated heterocycles. The van der Waals surface area contributed by atoms with Crippen molar-refractivity contribution in [3.8, 4) is 22.4 Å². The predicted molar refractivity (Wildman–Crippen MR) is 82.6 cm³/mol. The minimum absolute atomic E-state index is 0.127. The summed E-state index contributed by atoms with van der Waals surface area (Å²) < 4.78 is 54.9. The van der Waals surface area contributed by atoms with Crippen LogP contribution in [0.3, 0.4) is 0 Å². The third-order valence-corrected chi connectivity index (χ3v) is 3.81. The zero-order valence-electron chi connectivity index (χ0n) is 11.5. The van der Waals surface area contributed by atoms with Crippen LogP contribution < -0.4 is 0 Å². The molecule has 0 spiro atoms. The Bertz CT molecular complexity index is 861. The molecule has 0 N–H and O–H groups in total. The molecule has 3 aromatic rings. The van der Waals surface area contributed by atoms with Gasteiger partial charge in [0.1, 0.15) is 21.9 Å². The average Bonchev–Trinajstić information content (AvgIpc) is 2.54. The van der Waals surface area contributed by atoms with Crippen LogP contribution in [0.15, 0.2) is 53.1 Å². The monoisotopic (exact) mass is 381 g/mol. The Morgan fingerprint density at radius 3 is 1.65 bits per heavy atom. The van der Waals surface area contributed by atoms with Crippen LogP contribution in [0.25, 0.3) is 22.4 Å². The van der Waals surface area contributed by atoms with Crippen molar-refractivity contribution in [2.45, 2.75) is 0 Å². The van der Waals surface area contributed by atoms with Gasteiger partial charge in [0.15, 0.2) is 11.6 Å². The van der Waals surface area contributed by atoms with Crippen molar-refractivity contribution in [1.29, 1.82) is 0 Å². The van der Waals surface area contributed by atoms with Crippen molar-refractivity contribution in [3.05, 3.63) is 76.4 Å². The van der Waals surface area contributed by atoms with Gasteiger partial charge in [-0.3, -0.25) is 0 Å². The highest BCUT2D eigenvalue weighted by atomic mass is 79.9. The van der Waals surface area contributed by atoms with E-state index < -0.39 is 23.3 Å². The van der Waals surface area contributed by atoms with Gasteiger partial charge in [0, 0.05) is 5.56 Å². The zero-order chi connectivity index (χ0) is 16.6. The number of nitrogens with zero attached hydrogens (tertiary/aromatic N) is 1. The molecule has 1 nitrogen and oxygen atoms in total. The molecular weight excluding hydrogens is 374 g/mol. The summed E-state index contributed by atoms with van der Waals surface area (Å²) in [7, 11) is 0. The molecule has 0 atom stereocenters. The number of hydrogen-bond acceptors (Lipinski definition) is 1. The summed E-state index contributed by atoms with van der Waals surface area (Å²) in [6, 6.07) is 9.78. The third kappa shape index (κ3) is 2.99. The van der Waals surface area contributed by atoms with Crippen LogP contribution in [0.2, 0.25) is 0 Å². The maximum Gasteiger partial charge on any atom is 0.166 e. The van der Waals surface area contributed by atoms with Gasteiger partial charge in [-0.25, -0.2) is 22.5 Å². The van der Waals surface area contributed by atoms with Crippen LogP contribution in [-0.4, -0.2) is 4.98 Å². The number of benzene rings is 2. The summed E-state index contributed by atoms with van der Waals surface area (Å²) >= 11 is 2.95. The molecule has 2 aromatic carbocycles. The number of aromatic nitrogens is 1. The first kappa shape index (κ1) is 15.7. The van der Waals surface area contributed by atoms with Crippen LogP contribution in [0, 0.1) is 23.3 Å². The van der Waals surface area contributed by atoms with Crippen LogP contribution in [-0.2, 0) is 0 Å². The largest absolute Gasteiger partial charge is 0.235 e. The fraction of sp³-hybridized carbons (Fsp3) is 0. The first-order valence-corrected chi connectivity index (χ1v) is 7.33. The molecular formula is C17H8BrF4N. The standard InChI is InChI=1S/C17H8BrF4N/c18-17-15(22)13(9-1-5-11(19)6-2-9)14(21)16(23-17)10-3-7-12(20)8-4-10/h1-8H. The lowest BCUT2D eigenvalue weighted by molar-refractivity contribution is 0.576. The van der Waals surface area contributed by atoms with E-state index in [1.54, 1.807) is 0 Å². The van der Waals surface area contributed by atoms with Crippen molar-refractivity contribution >= 4 is 15.9 Å². The summed E-state index contributed by atoms with van der Waals surface area (Å²) in [5.74, 6) is -2.78. The Balaban J connectivity index is 2.24. The molecule has 0 radical (unpaired) electrons. The second-order valence-corrected chi connectivity index (χ2v) is 5.52. The van der Waals surface area contributed by atoms with Gasteiger partial charge in [0.25, 0.3) is 0 Å². The number of rotatable bonds is 2. The second kappa shape index (κ2) is 6.12. The van der Waals surface area contributed by atoms with Gasteiger partial charge in [-0.05, 0) is 57.9 Å². The molecule has 6 heteroatoms. The molecule has 0 aliphatic heterocycles. The zero-order valence-corrected chi connectivity index (χ0v) is 13.0. The molecule has 0 saturated carbocycles. The van der Waals surface area contributed by atoms with Gasteiger partial charge in [-0.15, -0.1) is 0 Å². The lowest BCUT2D eigenvalue weighted by atomic mass is 10.0. The molecule has 0 amide bonds. The lowest BCUT2D eigenvalue weighted by Gasteiger charge is -2.11. The fourth-order valence-electron chi connectivity index (χ4n) is 2.18. The number of hydrogen-bond donors (Lipinski definition) is 0. The van der Waals surface area contributed by atoms with Gasteiger partial charge in [-0.1, -0.05) is 12.1 Å². The van der Waals surface area contributed by atoms with Crippen molar-refractivity contribution in [3.63, 3.8) is 0 Å². The lowest BCUT2D eigenvalue weighted by Crippen LogP contribution is -1.99. The van der Waals surface area contributed by atoms with E-state index in [0.29, 0.717) is 5.56 Å². The molecule has 1 heterocycles. The van der Waals surface area contributed by atoms with Crippen LogP contribution in [0.1, 0.15) is 0 Å². The molecule has 0 bridgehead atoms. The highest BCUT2D eigenvalue weighted by Crippen LogP contribution is 2.35. The maximum atomic E-state index is 14.8. The van der Waals surface area contributed by atoms with E-state index in [2.05, 4.69) is 20.9 Å². The highest BCUT2D eigenvalue weighted by Gasteiger charge is 2.21. The minimum atomic E-state index is -0.899. The summed E-state index contributed by atoms with van der Waals surface area (Å²) in [5.41, 5.74) is 0.0182. The average molecular weight is 382 g/mol. The SMILES string of the molecule is Fc1ccc(-c2nc(Br)c(F)c(-c3ccc(F)cc3)c2F)cc1. The molecule has 3 rings (SSSR count). The van der Waals surface area contributed by atoms with Gasteiger partial charge < -0.3 is 0 Å². The fourth-order valence-corrected chi connectivity index (χ4v) is 2.56. The summed E-state index contributed by atoms with van der Waals surface area (Å²) in [4.78, 5) is 3.85. The Kier molecular flexibility index (Phi) is 4.17. The van der Waals surface area contributed by atoms with Crippen LogP contribution in [0.4, 0.5) is 17.6 Å². The normalized spacial score (nSPS) is 10.8. The van der Waals surface area contributed by atoms with Crippen molar-refractivity contribution in [2.24, 2.45) is 0 Å². The molecule has 1 aromatic heterocycles. The second-order valence-electron chi connectivity index (χ2n) is 4.77. The molecule has 0 fully saturated rings. The highest BCUT2D eigenvalue weighted by molar-refractivity contribution is 9.10. The summed E-state index contributed by atoms with van der Waals surface area (Å²) in [6.07, 6.45) is 0. The third-order valence-electron chi connectivity index (χ3n) is 3.29.